The average Bonchev–Trinajstić information content (AvgIpc) is 2.30. The van der Waals surface area contributed by atoms with E-state index in [1.165, 1.54) is 4.90 Å². The molecule has 0 aliphatic carbocycles. The Labute approximate surface area is 102 Å². The van der Waals surface area contributed by atoms with Crippen molar-refractivity contribution in [1.82, 2.24) is 0 Å². The normalized spacial score (nSPS) is 11.7. The number of nitrogens with zero attached hydrogens (tertiary/aromatic N) is 1. The highest BCUT2D eigenvalue weighted by Gasteiger charge is 2.25. The molecular weight excluding hydrogens is 226 g/mol. The molecule has 1 aromatic carbocycles. The Kier molecular flexibility index (Phi) is 5.51. The van der Waals surface area contributed by atoms with Gasteiger partial charge in [-0.1, -0.05) is 18.2 Å². The van der Waals surface area contributed by atoms with E-state index in [9.17, 15) is 0 Å². The molecule has 0 heterocycles. The first kappa shape index (κ1) is 12.9. The SMILES string of the molecule is CC[N+](CC)(CCCl)Sc1ccccc1. The zero-order valence-electron chi connectivity index (χ0n) is 9.45. The summed E-state index contributed by atoms with van der Waals surface area (Å²) in [7, 11) is 0. The van der Waals surface area contributed by atoms with E-state index in [4.69, 9.17) is 11.6 Å². The van der Waals surface area contributed by atoms with E-state index in [-0.39, 0.29) is 0 Å². The van der Waals surface area contributed by atoms with Crippen LogP contribution in [0.4, 0.5) is 0 Å². The summed E-state index contributed by atoms with van der Waals surface area (Å²) >= 11 is 7.79. The van der Waals surface area contributed by atoms with Crippen molar-refractivity contribution in [3.8, 4) is 0 Å². The van der Waals surface area contributed by atoms with Crippen molar-refractivity contribution in [2.24, 2.45) is 0 Å². The maximum Gasteiger partial charge on any atom is 0.112 e. The van der Waals surface area contributed by atoms with Crippen molar-refractivity contribution in [3.63, 3.8) is 0 Å². The highest BCUT2D eigenvalue weighted by molar-refractivity contribution is 7.93. The van der Waals surface area contributed by atoms with Gasteiger partial charge < -0.3 is 0 Å². The topological polar surface area (TPSA) is 0 Å². The molecule has 0 atom stereocenters. The number of halogens is 1. The molecule has 3 heteroatoms. The van der Waals surface area contributed by atoms with Gasteiger partial charge in [0.25, 0.3) is 0 Å². The van der Waals surface area contributed by atoms with Gasteiger partial charge in [0.15, 0.2) is 0 Å². The van der Waals surface area contributed by atoms with Crippen LogP contribution in [-0.2, 0) is 0 Å². The number of rotatable bonds is 6. The molecule has 0 saturated carbocycles. The lowest BCUT2D eigenvalue weighted by molar-refractivity contribution is -0.788. The fourth-order valence-corrected chi connectivity index (χ4v) is 3.16. The number of hydrogen-bond donors (Lipinski definition) is 0. The maximum atomic E-state index is 5.88. The summed E-state index contributed by atoms with van der Waals surface area (Å²) in [4.78, 5) is 1.33. The van der Waals surface area contributed by atoms with Crippen LogP contribution in [0, 0.1) is 0 Å². The van der Waals surface area contributed by atoms with Crippen LogP contribution in [0.25, 0.3) is 0 Å². The third kappa shape index (κ3) is 3.71. The molecule has 1 nitrogen and oxygen atoms in total. The minimum Gasteiger partial charge on any atom is -0.257 e. The van der Waals surface area contributed by atoms with E-state index in [1.54, 1.807) is 0 Å². The van der Waals surface area contributed by atoms with Crippen LogP contribution in [0.15, 0.2) is 35.2 Å². The van der Waals surface area contributed by atoms with Gasteiger partial charge in [0, 0.05) is 0 Å². The molecule has 0 aromatic heterocycles. The first-order valence-corrected chi connectivity index (χ1v) is 6.74. The monoisotopic (exact) mass is 244 g/mol. The van der Waals surface area contributed by atoms with Crippen molar-refractivity contribution in [2.45, 2.75) is 18.7 Å². The molecule has 0 aliphatic rings. The van der Waals surface area contributed by atoms with E-state index in [2.05, 4.69) is 44.2 Å². The van der Waals surface area contributed by atoms with Gasteiger partial charge in [-0.15, -0.1) is 11.6 Å². The second kappa shape index (κ2) is 6.41. The summed E-state index contributed by atoms with van der Waals surface area (Å²) in [5.41, 5.74) is 0. The van der Waals surface area contributed by atoms with E-state index in [0.717, 1.165) is 29.4 Å². The van der Waals surface area contributed by atoms with Gasteiger partial charge in [0.2, 0.25) is 0 Å². The van der Waals surface area contributed by atoms with Crippen LogP contribution < -0.4 is 0 Å². The van der Waals surface area contributed by atoms with E-state index in [1.807, 2.05) is 11.9 Å². The minimum absolute atomic E-state index is 0.724. The first-order valence-electron chi connectivity index (χ1n) is 5.43. The van der Waals surface area contributed by atoms with Gasteiger partial charge in [0.1, 0.15) is 18.5 Å². The van der Waals surface area contributed by atoms with E-state index >= 15 is 0 Å². The molecule has 0 radical (unpaired) electrons. The number of benzene rings is 1. The van der Waals surface area contributed by atoms with Gasteiger partial charge in [0.05, 0.1) is 23.9 Å². The van der Waals surface area contributed by atoms with Crippen LogP contribution >= 0.6 is 23.5 Å². The molecule has 1 aromatic rings. The smallest absolute Gasteiger partial charge is 0.112 e. The Morgan fingerprint density at radius 1 is 1.13 bits per heavy atom. The Morgan fingerprint density at radius 3 is 2.20 bits per heavy atom. The molecule has 0 saturated heterocycles. The van der Waals surface area contributed by atoms with Gasteiger partial charge in [-0.25, -0.2) is 0 Å². The van der Waals surface area contributed by atoms with Crippen molar-refractivity contribution in [2.75, 3.05) is 25.5 Å². The fraction of sp³-hybridized carbons (Fsp3) is 0.500. The highest BCUT2D eigenvalue weighted by Crippen LogP contribution is 2.30. The lowest BCUT2D eigenvalue weighted by Gasteiger charge is -2.33. The minimum atomic E-state index is 0.724. The second-order valence-corrected chi connectivity index (χ2v) is 5.31. The van der Waals surface area contributed by atoms with E-state index in [0.29, 0.717) is 0 Å². The van der Waals surface area contributed by atoms with Crippen LogP contribution in [-0.4, -0.2) is 29.4 Å². The summed E-state index contributed by atoms with van der Waals surface area (Å²) in [5.74, 6) is 0.724. The Balaban J connectivity index is 2.74. The molecule has 0 fully saturated rings. The molecule has 1 rings (SSSR count). The molecule has 84 valence electrons. The fourth-order valence-electron chi connectivity index (χ4n) is 1.57. The first-order chi connectivity index (χ1) is 7.26. The molecule has 0 unspecified atom stereocenters. The van der Waals surface area contributed by atoms with Gasteiger partial charge in [-0.2, -0.15) is 0 Å². The zero-order chi connectivity index (χ0) is 11.1. The summed E-state index contributed by atoms with van der Waals surface area (Å²) in [5, 5.41) is 0. The summed E-state index contributed by atoms with van der Waals surface area (Å²) in [6, 6.07) is 10.6. The molecule has 15 heavy (non-hydrogen) atoms. The molecule has 0 bridgehead atoms. The standard InChI is InChI=1S/C12H19ClNS/c1-3-14(4-2,11-10-13)15-12-8-6-5-7-9-12/h5-9H,3-4,10-11H2,1-2H3/q+1. The summed E-state index contributed by atoms with van der Waals surface area (Å²) < 4.78 is 1.01. The summed E-state index contributed by atoms with van der Waals surface area (Å²) in [6.07, 6.45) is 0. The third-order valence-electron chi connectivity index (χ3n) is 2.69. The lowest BCUT2D eigenvalue weighted by Crippen LogP contribution is -2.42. The maximum absolute atomic E-state index is 5.88. The average molecular weight is 245 g/mol. The van der Waals surface area contributed by atoms with Crippen LogP contribution in [0.5, 0.6) is 0 Å². The predicted molar refractivity (Wildman–Crippen MR) is 69.2 cm³/mol. The lowest BCUT2D eigenvalue weighted by atomic mass is 10.4. The Morgan fingerprint density at radius 2 is 1.73 bits per heavy atom. The summed E-state index contributed by atoms with van der Waals surface area (Å²) in [6.45, 7) is 7.71. The van der Waals surface area contributed by atoms with Crippen LogP contribution in [0.3, 0.4) is 0 Å². The number of alkyl halides is 1. The molecule has 0 aliphatic heterocycles. The third-order valence-corrected chi connectivity index (χ3v) is 4.43. The quantitative estimate of drug-likeness (QED) is 0.417. The van der Waals surface area contributed by atoms with Gasteiger partial charge in [-0.05, 0) is 26.0 Å². The molecule has 0 N–H and O–H groups in total. The Bertz CT molecular complexity index is 272. The van der Waals surface area contributed by atoms with Crippen LogP contribution in [0.1, 0.15) is 13.8 Å². The van der Waals surface area contributed by atoms with Crippen molar-refractivity contribution >= 4 is 23.5 Å². The molecule has 0 amide bonds. The van der Waals surface area contributed by atoms with Gasteiger partial charge in [-0.3, -0.25) is 3.89 Å². The van der Waals surface area contributed by atoms with Gasteiger partial charge >= 0.3 is 0 Å². The largest absolute Gasteiger partial charge is 0.257 e. The van der Waals surface area contributed by atoms with E-state index < -0.39 is 0 Å². The molecule has 0 spiro atoms. The predicted octanol–water partition coefficient (Wildman–Crippen LogP) is 3.79. The number of hydrogen-bond acceptors (Lipinski definition) is 1. The highest BCUT2D eigenvalue weighted by atomic mass is 35.5. The Hall–Kier alpha value is -0.180. The second-order valence-electron chi connectivity index (χ2n) is 3.51. The zero-order valence-corrected chi connectivity index (χ0v) is 11.0. The van der Waals surface area contributed by atoms with Crippen molar-refractivity contribution in [3.05, 3.63) is 30.3 Å². The molecular formula is C12H19ClNS+. The van der Waals surface area contributed by atoms with Crippen molar-refractivity contribution in [1.29, 1.82) is 0 Å². The van der Waals surface area contributed by atoms with Crippen molar-refractivity contribution < 1.29 is 3.89 Å². The number of quaternary nitrogens is 1. The van der Waals surface area contributed by atoms with Crippen LogP contribution in [0.2, 0.25) is 0 Å².